The number of aliphatic hydroxyl groups is 1. The number of fused-ring (bicyclic) bond motifs is 1. The van der Waals surface area contributed by atoms with Crippen molar-refractivity contribution >= 4 is 11.7 Å². The van der Waals surface area contributed by atoms with Crippen molar-refractivity contribution in [2.45, 2.75) is 77.6 Å². The molecular weight excluding hydrogens is 318 g/mol. The first kappa shape index (κ1) is 18.1. The largest absolute Gasteiger partial charge is 0.487 e. The van der Waals surface area contributed by atoms with Crippen LogP contribution in [0.3, 0.4) is 0 Å². The van der Waals surface area contributed by atoms with Crippen LogP contribution in [-0.4, -0.2) is 35.9 Å². The molecule has 5 heteroatoms. The van der Waals surface area contributed by atoms with Gasteiger partial charge in [0.2, 0.25) is 0 Å². The average Bonchev–Trinajstić information content (AvgIpc) is 2.82. The van der Waals surface area contributed by atoms with E-state index in [1.54, 1.807) is 0 Å². The first-order valence-corrected chi connectivity index (χ1v) is 9.11. The fourth-order valence-corrected chi connectivity index (χ4v) is 4.20. The van der Waals surface area contributed by atoms with Gasteiger partial charge in [0.25, 0.3) is 0 Å². The van der Waals surface area contributed by atoms with Gasteiger partial charge in [-0.3, -0.25) is 4.79 Å². The van der Waals surface area contributed by atoms with Gasteiger partial charge >= 0.3 is 5.97 Å². The van der Waals surface area contributed by atoms with Gasteiger partial charge in [0.15, 0.2) is 0 Å². The van der Waals surface area contributed by atoms with Crippen LogP contribution in [0.1, 0.15) is 55.4 Å². The fraction of sp³-hybridized carbons (Fsp3) is 0.650. The Hall–Kier alpha value is -1.75. The molecule has 0 radical (unpaired) electrons. The molecule has 138 valence electrons. The van der Waals surface area contributed by atoms with Crippen LogP contribution >= 0.6 is 0 Å². The summed E-state index contributed by atoms with van der Waals surface area (Å²) in [4.78, 5) is 11.6. The summed E-state index contributed by atoms with van der Waals surface area (Å²) in [7, 11) is 1.95. The quantitative estimate of drug-likeness (QED) is 0.820. The summed E-state index contributed by atoms with van der Waals surface area (Å²) in [5.74, 6) is 0.699. The van der Waals surface area contributed by atoms with E-state index in [1.165, 1.54) is 22.3 Å². The van der Waals surface area contributed by atoms with Gasteiger partial charge in [0.1, 0.15) is 17.5 Å². The molecule has 1 saturated heterocycles. The Morgan fingerprint density at radius 1 is 1.28 bits per heavy atom. The summed E-state index contributed by atoms with van der Waals surface area (Å²) < 4.78 is 11.7. The number of rotatable bonds is 4. The Morgan fingerprint density at radius 3 is 2.64 bits per heavy atom. The van der Waals surface area contributed by atoms with Gasteiger partial charge in [0.05, 0.1) is 12.5 Å². The molecule has 3 rings (SSSR count). The lowest BCUT2D eigenvalue weighted by molar-refractivity contribution is -0.160. The van der Waals surface area contributed by atoms with Gasteiger partial charge in [-0.15, -0.1) is 0 Å². The molecule has 2 aliphatic heterocycles. The Balaban J connectivity index is 1.89. The van der Waals surface area contributed by atoms with E-state index in [0.717, 1.165) is 24.3 Å². The maximum atomic E-state index is 11.6. The molecule has 0 bridgehead atoms. The standard InChI is InChI=1S/C20H29NO4/c1-11-15(7-6-14-8-13(22)9-17(23)24-14)19-16(10-20(3,4)25-19)12(2)18(11)21-5/h13-14,21-22H,6-10H2,1-5H3/t13-,14-/m1/s1. The lowest BCUT2D eigenvalue weighted by Gasteiger charge is -2.27. The van der Waals surface area contributed by atoms with E-state index in [-0.39, 0.29) is 24.1 Å². The molecule has 0 unspecified atom stereocenters. The number of anilines is 1. The lowest BCUT2D eigenvalue weighted by Crippen LogP contribution is -2.32. The zero-order valence-electron chi connectivity index (χ0n) is 15.9. The number of carbonyl (C=O) groups is 1. The number of benzene rings is 1. The summed E-state index contributed by atoms with van der Waals surface area (Å²) >= 11 is 0. The number of hydrogen-bond acceptors (Lipinski definition) is 5. The number of ether oxygens (including phenoxy) is 2. The highest BCUT2D eigenvalue weighted by Crippen LogP contribution is 2.45. The molecule has 2 atom stereocenters. The van der Waals surface area contributed by atoms with Crippen molar-refractivity contribution in [2.75, 3.05) is 12.4 Å². The first-order valence-electron chi connectivity index (χ1n) is 9.11. The normalized spacial score (nSPS) is 24.5. The maximum Gasteiger partial charge on any atom is 0.308 e. The predicted octanol–water partition coefficient (Wildman–Crippen LogP) is 3.06. The van der Waals surface area contributed by atoms with Crippen molar-refractivity contribution in [3.63, 3.8) is 0 Å². The highest BCUT2D eigenvalue weighted by atomic mass is 16.5. The highest BCUT2D eigenvalue weighted by Gasteiger charge is 2.35. The second-order valence-electron chi connectivity index (χ2n) is 7.94. The van der Waals surface area contributed by atoms with Crippen LogP contribution in [0.5, 0.6) is 5.75 Å². The maximum absolute atomic E-state index is 11.6. The Bertz CT molecular complexity index is 696. The van der Waals surface area contributed by atoms with Gasteiger partial charge in [0, 0.05) is 31.1 Å². The second kappa shape index (κ2) is 6.52. The fourth-order valence-electron chi connectivity index (χ4n) is 4.20. The summed E-state index contributed by atoms with van der Waals surface area (Å²) in [6.07, 6.45) is 2.18. The van der Waals surface area contributed by atoms with Crippen LogP contribution < -0.4 is 10.1 Å². The summed E-state index contributed by atoms with van der Waals surface area (Å²) in [6.45, 7) is 8.49. The zero-order chi connectivity index (χ0) is 18.4. The Labute approximate surface area is 149 Å². The molecule has 1 aromatic carbocycles. The number of hydrogen-bond donors (Lipinski definition) is 2. The molecule has 5 nitrogen and oxygen atoms in total. The minimum Gasteiger partial charge on any atom is -0.487 e. The summed E-state index contributed by atoms with van der Waals surface area (Å²) in [6, 6.07) is 0. The predicted molar refractivity (Wildman–Crippen MR) is 97.3 cm³/mol. The van der Waals surface area contributed by atoms with E-state index in [1.807, 2.05) is 7.05 Å². The summed E-state index contributed by atoms with van der Waals surface area (Å²) in [5, 5.41) is 13.1. The van der Waals surface area contributed by atoms with Crippen LogP contribution in [0.4, 0.5) is 5.69 Å². The van der Waals surface area contributed by atoms with Crippen LogP contribution in [0.2, 0.25) is 0 Å². The molecule has 0 saturated carbocycles. The van der Waals surface area contributed by atoms with Crippen molar-refractivity contribution in [1.29, 1.82) is 0 Å². The molecule has 0 amide bonds. The topological polar surface area (TPSA) is 67.8 Å². The zero-order valence-corrected chi connectivity index (χ0v) is 15.9. The van der Waals surface area contributed by atoms with E-state index in [4.69, 9.17) is 9.47 Å². The molecule has 2 aliphatic rings. The van der Waals surface area contributed by atoms with Gasteiger partial charge in [-0.05, 0) is 57.2 Å². The number of nitrogens with one attached hydrogen (secondary N) is 1. The molecule has 0 aromatic heterocycles. The number of carbonyl (C=O) groups excluding carboxylic acids is 1. The van der Waals surface area contributed by atoms with Gasteiger partial charge in [-0.25, -0.2) is 0 Å². The molecule has 0 spiro atoms. The Kier molecular flexibility index (Phi) is 4.71. The summed E-state index contributed by atoms with van der Waals surface area (Å²) in [5.41, 5.74) is 5.87. The molecule has 1 fully saturated rings. The monoisotopic (exact) mass is 347 g/mol. The molecule has 1 aromatic rings. The van der Waals surface area contributed by atoms with E-state index in [0.29, 0.717) is 12.8 Å². The van der Waals surface area contributed by atoms with Crippen LogP contribution in [0.25, 0.3) is 0 Å². The molecule has 2 N–H and O–H groups in total. The van der Waals surface area contributed by atoms with Crippen molar-refractivity contribution in [3.05, 3.63) is 22.3 Å². The van der Waals surface area contributed by atoms with Crippen molar-refractivity contribution in [1.82, 2.24) is 0 Å². The van der Waals surface area contributed by atoms with Crippen molar-refractivity contribution < 1.29 is 19.4 Å². The van der Waals surface area contributed by atoms with Gasteiger partial charge in [-0.1, -0.05) is 0 Å². The molecule has 25 heavy (non-hydrogen) atoms. The SMILES string of the molecule is CNc1c(C)c(CC[C@@H]2C[C@@H](O)CC(=O)O2)c2c(c1C)CC(C)(C)O2. The van der Waals surface area contributed by atoms with E-state index < -0.39 is 6.10 Å². The number of cyclic esters (lactones) is 1. The smallest absolute Gasteiger partial charge is 0.308 e. The Morgan fingerprint density at radius 2 is 2.00 bits per heavy atom. The third-order valence-corrected chi connectivity index (χ3v) is 5.39. The highest BCUT2D eigenvalue weighted by molar-refractivity contribution is 5.71. The minimum atomic E-state index is -0.584. The van der Waals surface area contributed by atoms with E-state index >= 15 is 0 Å². The van der Waals surface area contributed by atoms with Gasteiger partial charge < -0.3 is 19.9 Å². The van der Waals surface area contributed by atoms with Crippen molar-refractivity contribution in [2.24, 2.45) is 0 Å². The third-order valence-electron chi connectivity index (χ3n) is 5.39. The molecular formula is C20H29NO4. The third kappa shape index (κ3) is 3.47. The van der Waals surface area contributed by atoms with Crippen LogP contribution in [0.15, 0.2) is 0 Å². The first-order chi connectivity index (χ1) is 11.7. The minimum absolute atomic E-state index is 0.108. The van der Waals surface area contributed by atoms with E-state index in [9.17, 15) is 9.90 Å². The van der Waals surface area contributed by atoms with Gasteiger partial charge in [-0.2, -0.15) is 0 Å². The average molecular weight is 347 g/mol. The number of aliphatic hydroxyl groups excluding tert-OH is 1. The van der Waals surface area contributed by atoms with E-state index in [2.05, 4.69) is 33.0 Å². The van der Waals surface area contributed by atoms with Crippen LogP contribution in [0, 0.1) is 13.8 Å². The molecule has 0 aliphatic carbocycles. The second-order valence-corrected chi connectivity index (χ2v) is 7.94. The molecule has 2 heterocycles. The lowest BCUT2D eigenvalue weighted by atomic mass is 9.89. The van der Waals surface area contributed by atoms with Crippen LogP contribution in [-0.2, 0) is 22.4 Å². The number of esters is 1. The van der Waals surface area contributed by atoms with Crippen molar-refractivity contribution in [3.8, 4) is 5.75 Å².